The summed E-state index contributed by atoms with van der Waals surface area (Å²) in [4.78, 5) is 12.4. The van der Waals surface area contributed by atoms with Gasteiger partial charge in [0.15, 0.2) is 0 Å². The highest BCUT2D eigenvalue weighted by Crippen LogP contribution is 2.24. The van der Waals surface area contributed by atoms with Crippen molar-refractivity contribution in [3.63, 3.8) is 0 Å². The molecule has 0 unspecified atom stereocenters. The van der Waals surface area contributed by atoms with Crippen LogP contribution in [-0.4, -0.2) is 19.1 Å². The van der Waals surface area contributed by atoms with Crippen LogP contribution in [0.3, 0.4) is 0 Å². The van der Waals surface area contributed by atoms with Gasteiger partial charge in [-0.15, -0.1) is 0 Å². The Morgan fingerprint density at radius 3 is 2.82 bits per heavy atom. The van der Waals surface area contributed by atoms with Crippen molar-refractivity contribution in [1.29, 1.82) is 0 Å². The molecule has 3 rings (SSSR count). The zero-order valence-corrected chi connectivity index (χ0v) is 12.9. The third kappa shape index (κ3) is 3.12. The van der Waals surface area contributed by atoms with Crippen LogP contribution in [0.5, 0.6) is 5.75 Å². The minimum absolute atomic E-state index is 0.0921. The van der Waals surface area contributed by atoms with E-state index in [1.807, 2.05) is 50.2 Å². The molecular formula is C18H20N2O2. The van der Waals surface area contributed by atoms with Crippen LogP contribution in [0.2, 0.25) is 0 Å². The van der Waals surface area contributed by atoms with Crippen LogP contribution in [-0.2, 0) is 6.54 Å². The third-order valence-corrected chi connectivity index (χ3v) is 3.94. The summed E-state index contributed by atoms with van der Waals surface area (Å²) in [6.45, 7) is 6.30. The highest BCUT2D eigenvalue weighted by Gasteiger charge is 2.11. The van der Waals surface area contributed by atoms with E-state index in [1.165, 1.54) is 5.56 Å². The van der Waals surface area contributed by atoms with Crippen molar-refractivity contribution < 1.29 is 9.53 Å². The minimum atomic E-state index is -0.0921. The summed E-state index contributed by atoms with van der Waals surface area (Å²) in [6, 6.07) is 11.5. The molecule has 1 aliphatic rings. The fourth-order valence-electron chi connectivity index (χ4n) is 2.48. The van der Waals surface area contributed by atoms with Gasteiger partial charge in [0.2, 0.25) is 0 Å². The Kier molecular flexibility index (Phi) is 4.11. The maximum Gasteiger partial charge on any atom is 0.255 e. The molecule has 0 saturated carbocycles. The number of carbonyl (C=O) groups excluding carboxylic acids is 1. The lowest BCUT2D eigenvalue weighted by atomic mass is 10.1. The predicted molar refractivity (Wildman–Crippen MR) is 87.5 cm³/mol. The first-order chi connectivity index (χ1) is 10.6. The van der Waals surface area contributed by atoms with Gasteiger partial charge in [-0.25, -0.2) is 0 Å². The second-order valence-electron chi connectivity index (χ2n) is 5.60. The molecule has 0 aliphatic carbocycles. The van der Waals surface area contributed by atoms with E-state index in [2.05, 4.69) is 10.6 Å². The van der Waals surface area contributed by atoms with Gasteiger partial charge >= 0.3 is 0 Å². The smallest absolute Gasteiger partial charge is 0.255 e. The van der Waals surface area contributed by atoms with Crippen LogP contribution >= 0.6 is 0 Å². The van der Waals surface area contributed by atoms with Gasteiger partial charge in [0, 0.05) is 29.9 Å². The lowest BCUT2D eigenvalue weighted by Gasteiger charge is -2.11. The standard InChI is InChI=1S/C18H20N2O2/c1-12-3-4-14(9-13(12)2)18(21)20-16-5-6-17-15(10-16)11-19-7-8-22-17/h3-6,9-10,19H,7-8,11H2,1-2H3,(H,20,21). The molecule has 1 amide bonds. The largest absolute Gasteiger partial charge is 0.492 e. The molecule has 114 valence electrons. The summed E-state index contributed by atoms with van der Waals surface area (Å²) in [5.74, 6) is 0.791. The number of amides is 1. The Bertz CT molecular complexity index is 710. The molecule has 0 radical (unpaired) electrons. The molecule has 0 spiro atoms. The van der Waals surface area contributed by atoms with E-state index < -0.39 is 0 Å². The fourth-order valence-corrected chi connectivity index (χ4v) is 2.48. The summed E-state index contributed by atoms with van der Waals surface area (Å²) in [7, 11) is 0. The Labute approximate surface area is 130 Å². The number of benzene rings is 2. The molecule has 2 aromatic carbocycles. The van der Waals surface area contributed by atoms with Crippen LogP contribution in [0.1, 0.15) is 27.0 Å². The Morgan fingerprint density at radius 2 is 2.00 bits per heavy atom. The lowest BCUT2D eigenvalue weighted by molar-refractivity contribution is 0.102. The monoisotopic (exact) mass is 296 g/mol. The van der Waals surface area contributed by atoms with E-state index in [0.29, 0.717) is 12.2 Å². The van der Waals surface area contributed by atoms with Gasteiger partial charge in [0.25, 0.3) is 5.91 Å². The third-order valence-electron chi connectivity index (χ3n) is 3.94. The Balaban J connectivity index is 1.79. The van der Waals surface area contributed by atoms with Crippen molar-refractivity contribution in [3.05, 3.63) is 58.7 Å². The van der Waals surface area contributed by atoms with Crippen molar-refractivity contribution in [2.45, 2.75) is 20.4 Å². The van der Waals surface area contributed by atoms with Crippen LogP contribution in [0.15, 0.2) is 36.4 Å². The lowest BCUT2D eigenvalue weighted by Crippen LogP contribution is -2.16. The van der Waals surface area contributed by atoms with Crippen molar-refractivity contribution in [3.8, 4) is 5.75 Å². The van der Waals surface area contributed by atoms with Crippen LogP contribution in [0, 0.1) is 13.8 Å². The summed E-state index contributed by atoms with van der Waals surface area (Å²) in [5.41, 5.74) is 4.83. The molecule has 1 aliphatic heterocycles. The quantitative estimate of drug-likeness (QED) is 0.895. The highest BCUT2D eigenvalue weighted by molar-refractivity contribution is 6.04. The number of rotatable bonds is 2. The fraction of sp³-hybridized carbons (Fsp3) is 0.278. The molecule has 0 fully saturated rings. The van der Waals surface area contributed by atoms with E-state index in [4.69, 9.17) is 4.74 Å². The Morgan fingerprint density at radius 1 is 1.14 bits per heavy atom. The van der Waals surface area contributed by atoms with E-state index >= 15 is 0 Å². The zero-order chi connectivity index (χ0) is 15.5. The second-order valence-corrected chi connectivity index (χ2v) is 5.60. The topological polar surface area (TPSA) is 50.4 Å². The molecule has 0 saturated heterocycles. The molecule has 4 nitrogen and oxygen atoms in total. The predicted octanol–water partition coefficient (Wildman–Crippen LogP) is 3.04. The van der Waals surface area contributed by atoms with Gasteiger partial charge in [-0.2, -0.15) is 0 Å². The second kappa shape index (κ2) is 6.20. The average Bonchev–Trinajstić information content (AvgIpc) is 2.74. The van der Waals surface area contributed by atoms with Crippen LogP contribution < -0.4 is 15.4 Å². The maximum absolute atomic E-state index is 12.4. The summed E-state index contributed by atoms with van der Waals surface area (Å²) in [5, 5.41) is 6.24. The first kappa shape index (κ1) is 14.6. The molecule has 22 heavy (non-hydrogen) atoms. The molecule has 0 aromatic heterocycles. The number of aryl methyl sites for hydroxylation is 2. The first-order valence-electron chi connectivity index (χ1n) is 7.48. The van der Waals surface area contributed by atoms with Crippen molar-refractivity contribution in [2.75, 3.05) is 18.5 Å². The molecule has 1 heterocycles. The van der Waals surface area contributed by atoms with E-state index in [9.17, 15) is 4.79 Å². The van der Waals surface area contributed by atoms with Gasteiger partial charge in [0.1, 0.15) is 12.4 Å². The molecule has 0 bridgehead atoms. The number of hydrogen-bond acceptors (Lipinski definition) is 3. The first-order valence-corrected chi connectivity index (χ1v) is 7.48. The normalized spacial score (nSPS) is 13.7. The summed E-state index contributed by atoms with van der Waals surface area (Å²) in [6.07, 6.45) is 0. The number of fused-ring (bicyclic) bond motifs is 1. The van der Waals surface area contributed by atoms with E-state index in [1.54, 1.807) is 0 Å². The minimum Gasteiger partial charge on any atom is -0.492 e. The van der Waals surface area contributed by atoms with Gasteiger partial charge < -0.3 is 15.4 Å². The molecule has 4 heteroatoms. The number of carbonyl (C=O) groups is 1. The molecule has 0 atom stereocenters. The van der Waals surface area contributed by atoms with Gasteiger partial charge in [-0.1, -0.05) is 6.07 Å². The van der Waals surface area contributed by atoms with Crippen molar-refractivity contribution >= 4 is 11.6 Å². The molecular weight excluding hydrogens is 276 g/mol. The van der Waals surface area contributed by atoms with Crippen LogP contribution in [0.25, 0.3) is 0 Å². The van der Waals surface area contributed by atoms with Gasteiger partial charge in [0.05, 0.1) is 0 Å². The Hall–Kier alpha value is -2.33. The van der Waals surface area contributed by atoms with Gasteiger partial charge in [-0.3, -0.25) is 4.79 Å². The molecule has 2 N–H and O–H groups in total. The number of ether oxygens (including phenoxy) is 1. The van der Waals surface area contributed by atoms with Crippen molar-refractivity contribution in [2.24, 2.45) is 0 Å². The zero-order valence-electron chi connectivity index (χ0n) is 12.9. The van der Waals surface area contributed by atoms with E-state index in [-0.39, 0.29) is 5.91 Å². The SMILES string of the molecule is Cc1ccc(C(=O)Nc2ccc3c(c2)CNCCO3)cc1C. The summed E-state index contributed by atoms with van der Waals surface area (Å²) < 4.78 is 5.65. The summed E-state index contributed by atoms with van der Waals surface area (Å²) >= 11 is 0. The van der Waals surface area contributed by atoms with Crippen molar-refractivity contribution in [1.82, 2.24) is 5.32 Å². The number of hydrogen-bond donors (Lipinski definition) is 2. The maximum atomic E-state index is 12.4. The van der Waals surface area contributed by atoms with Gasteiger partial charge in [-0.05, 0) is 55.3 Å². The number of nitrogens with one attached hydrogen (secondary N) is 2. The van der Waals surface area contributed by atoms with Crippen LogP contribution in [0.4, 0.5) is 5.69 Å². The molecule has 2 aromatic rings. The highest BCUT2D eigenvalue weighted by atomic mass is 16.5. The number of anilines is 1. The van der Waals surface area contributed by atoms with E-state index in [0.717, 1.165) is 35.7 Å². The average molecular weight is 296 g/mol.